The fourth-order valence-corrected chi connectivity index (χ4v) is 5.28. The van der Waals surface area contributed by atoms with E-state index in [1.807, 2.05) is 32.0 Å². The maximum atomic E-state index is 13.1. The highest BCUT2D eigenvalue weighted by Crippen LogP contribution is 2.36. The Labute approximate surface area is 273 Å². The molecule has 1 saturated heterocycles. The molecule has 0 aliphatic carbocycles. The fraction of sp³-hybridized carbons (Fsp3) is 0.410. The van der Waals surface area contributed by atoms with E-state index < -0.39 is 17.3 Å². The number of carbonyl (C=O) groups is 1. The molecule has 1 fully saturated rings. The van der Waals surface area contributed by atoms with Gasteiger partial charge in [0.05, 0.1) is 18.8 Å². The van der Waals surface area contributed by atoms with Crippen molar-refractivity contribution < 1.29 is 27.8 Å². The van der Waals surface area contributed by atoms with Crippen molar-refractivity contribution in [2.24, 2.45) is 5.92 Å². The van der Waals surface area contributed by atoms with Crippen molar-refractivity contribution in [3.63, 3.8) is 0 Å². The molecule has 0 radical (unpaired) electrons. The van der Waals surface area contributed by atoms with Crippen LogP contribution in [0.4, 0.5) is 13.2 Å². The summed E-state index contributed by atoms with van der Waals surface area (Å²) in [5, 5.41) is 9.86. The third-order valence-corrected chi connectivity index (χ3v) is 7.52. The Morgan fingerprint density at radius 1 is 0.978 bits per heavy atom. The van der Waals surface area contributed by atoms with Crippen LogP contribution in [-0.2, 0) is 23.1 Å². The molecule has 0 saturated carbocycles. The summed E-state index contributed by atoms with van der Waals surface area (Å²) < 4.78 is 44.1. The maximum Gasteiger partial charge on any atom is 0.416 e. The zero-order valence-electron chi connectivity index (χ0n) is 28.3. The Morgan fingerprint density at radius 3 is 2.09 bits per heavy atom. The lowest BCUT2D eigenvalue weighted by Crippen LogP contribution is -2.46. The van der Waals surface area contributed by atoms with E-state index in [0.29, 0.717) is 24.7 Å². The lowest BCUT2D eigenvalue weighted by Gasteiger charge is -2.36. The molecule has 7 heteroatoms. The number of hydrogen-bond acceptors (Lipinski definition) is 4. The van der Waals surface area contributed by atoms with Gasteiger partial charge < -0.3 is 14.7 Å². The third kappa shape index (κ3) is 11.0. The zero-order valence-corrected chi connectivity index (χ0v) is 28.3. The van der Waals surface area contributed by atoms with Crippen LogP contribution in [0.3, 0.4) is 0 Å². The number of carbonyl (C=O) groups excluding carboxylic acids is 1. The van der Waals surface area contributed by atoms with E-state index in [1.54, 1.807) is 36.4 Å². The number of aliphatic hydroxyl groups is 1. The maximum absolute atomic E-state index is 13.1. The first-order valence-corrected chi connectivity index (χ1v) is 16.1. The van der Waals surface area contributed by atoms with E-state index in [9.17, 15) is 23.1 Å². The molecular formula is C39H50F3NO3. The Kier molecular flexibility index (Phi) is 15.5. The summed E-state index contributed by atoms with van der Waals surface area (Å²) in [6, 6.07) is 22.9. The number of rotatable bonds is 11. The van der Waals surface area contributed by atoms with E-state index in [-0.39, 0.29) is 0 Å². The van der Waals surface area contributed by atoms with Crippen LogP contribution in [0.1, 0.15) is 93.4 Å². The van der Waals surface area contributed by atoms with Gasteiger partial charge in [-0.05, 0) is 71.2 Å². The Balaban J connectivity index is 0.000000404. The van der Waals surface area contributed by atoms with E-state index in [0.717, 1.165) is 48.8 Å². The van der Waals surface area contributed by atoms with Crippen molar-refractivity contribution in [1.82, 2.24) is 4.90 Å². The van der Waals surface area contributed by atoms with Crippen LogP contribution < -0.4 is 0 Å². The van der Waals surface area contributed by atoms with Gasteiger partial charge in [-0.2, -0.15) is 13.2 Å². The van der Waals surface area contributed by atoms with Crippen LogP contribution in [0.2, 0.25) is 0 Å². The standard InChI is InChI=1S/C27H34F3N.C10H10O3.C2H6/c1-6-11-24(22-14-16-23(17-15-22)27(28,29)30)25(18-20(3)4)26(7-2)31(5)19-21-12-9-8-10-13-21;11-5-8-2-1-3-9(4-8)10(12)6-13-7-10;1-2/h8-17,20H,6-7,18-19H2,1-5H3;1-5,12H,6-7H2;1-2H3/b24-11+,26-25-;;. The van der Waals surface area contributed by atoms with Crippen molar-refractivity contribution in [3.8, 4) is 0 Å². The average Bonchev–Trinajstić information content (AvgIpc) is 3.03. The van der Waals surface area contributed by atoms with Gasteiger partial charge in [0, 0.05) is 24.9 Å². The number of ether oxygens (including phenoxy) is 1. The summed E-state index contributed by atoms with van der Waals surface area (Å²) in [6.07, 6.45) is 1.13. The van der Waals surface area contributed by atoms with Gasteiger partial charge in [-0.1, -0.05) is 108 Å². The van der Waals surface area contributed by atoms with Crippen LogP contribution in [0.15, 0.2) is 96.2 Å². The Morgan fingerprint density at radius 2 is 1.61 bits per heavy atom. The van der Waals surface area contributed by atoms with E-state index in [1.165, 1.54) is 29.0 Å². The van der Waals surface area contributed by atoms with Crippen LogP contribution in [-0.4, -0.2) is 36.6 Å². The van der Waals surface area contributed by atoms with Crippen molar-refractivity contribution in [2.45, 2.75) is 79.1 Å². The predicted molar refractivity (Wildman–Crippen MR) is 182 cm³/mol. The molecule has 4 nitrogen and oxygen atoms in total. The molecule has 46 heavy (non-hydrogen) atoms. The topological polar surface area (TPSA) is 49.8 Å². The number of halogens is 3. The molecule has 1 aliphatic heterocycles. The molecule has 1 N–H and O–H groups in total. The molecule has 0 spiro atoms. The number of hydrogen-bond donors (Lipinski definition) is 1. The molecule has 1 aliphatic rings. The molecule has 3 aromatic carbocycles. The molecule has 0 unspecified atom stereocenters. The second-order valence-corrected chi connectivity index (χ2v) is 11.6. The van der Waals surface area contributed by atoms with Crippen LogP contribution in [0.5, 0.6) is 0 Å². The van der Waals surface area contributed by atoms with E-state index in [2.05, 4.69) is 57.9 Å². The third-order valence-electron chi connectivity index (χ3n) is 7.52. The van der Waals surface area contributed by atoms with Crippen LogP contribution in [0.25, 0.3) is 5.57 Å². The number of alkyl halides is 3. The molecule has 0 aromatic heterocycles. The number of allylic oxidation sites excluding steroid dienone is 4. The molecule has 0 atom stereocenters. The van der Waals surface area contributed by atoms with Gasteiger partial charge in [0.2, 0.25) is 0 Å². The summed E-state index contributed by atoms with van der Waals surface area (Å²) in [6.45, 7) is 14.0. The summed E-state index contributed by atoms with van der Waals surface area (Å²) in [4.78, 5) is 12.8. The Hall–Kier alpha value is -3.68. The molecule has 3 aromatic rings. The lowest BCUT2D eigenvalue weighted by atomic mass is 9.88. The van der Waals surface area contributed by atoms with Crippen molar-refractivity contribution in [3.05, 3.63) is 124 Å². The highest BCUT2D eigenvalue weighted by molar-refractivity contribution is 5.80. The minimum atomic E-state index is -4.33. The highest BCUT2D eigenvalue weighted by Gasteiger charge is 2.38. The normalized spacial score (nSPS) is 14.6. The van der Waals surface area contributed by atoms with Gasteiger partial charge in [0.25, 0.3) is 0 Å². The van der Waals surface area contributed by atoms with Gasteiger partial charge in [0.15, 0.2) is 0 Å². The van der Waals surface area contributed by atoms with Crippen LogP contribution in [0, 0.1) is 5.92 Å². The van der Waals surface area contributed by atoms with Crippen molar-refractivity contribution in [2.75, 3.05) is 20.3 Å². The van der Waals surface area contributed by atoms with Crippen LogP contribution >= 0.6 is 0 Å². The fourth-order valence-electron chi connectivity index (χ4n) is 5.28. The summed E-state index contributed by atoms with van der Waals surface area (Å²) in [5.41, 5.74) is 5.41. The van der Waals surface area contributed by atoms with Gasteiger partial charge >= 0.3 is 6.18 Å². The second-order valence-electron chi connectivity index (χ2n) is 11.6. The molecule has 0 amide bonds. The second kappa shape index (κ2) is 18.5. The quantitative estimate of drug-likeness (QED) is 0.168. The molecule has 0 bridgehead atoms. The first-order valence-electron chi connectivity index (χ1n) is 16.1. The largest absolute Gasteiger partial charge is 0.416 e. The predicted octanol–water partition coefficient (Wildman–Crippen LogP) is 10.1. The van der Waals surface area contributed by atoms with Crippen molar-refractivity contribution >= 4 is 11.9 Å². The van der Waals surface area contributed by atoms with Crippen molar-refractivity contribution in [1.29, 1.82) is 0 Å². The minimum Gasteiger partial charge on any atom is -0.380 e. The first-order chi connectivity index (χ1) is 21.9. The van der Waals surface area contributed by atoms with E-state index >= 15 is 0 Å². The summed E-state index contributed by atoms with van der Waals surface area (Å²) in [7, 11) is 2.10. The van der Waals surface area contributed by atoms with Gasteiger partial charge in [0.1, 0.15) is 11.9 Å². The number of nitrogens with zero attached hydrogens (tertiary/aromatic N) is 1. The van der Waals surface area contributed by atoms with Gasteiger partial charge in [-0.3, -0.25) is 4.79 Å². The molecule has 4 rings (SSSR count). The number of benzene rings is 3. The zero-order chi connectivity index (χ0) is 34.3. The Bertz CT molecular complexity index is 1410. The molecule has 1 heterocycles. The molecule has 250 valence electrons. The van der Waals surface area contributed by atoms with E-state index in [4.69, 9.17) is 4.74 Å². The SMILES string of the molecule is CC.CC/C=C(/C(CC(C)C)=C(/CC)N(C)Cc1ccccc1)c1ccc(C(F)(F)F)cc1.O=Cc1cccc(C2(O)COC2)c1. The monoisotopic (exact) mass is 637 g/mol. The molecular weight excluding hydrogens is 587 g/mol. The minimum absolute atomic E-state index is 0.315. The summed E-state index contributed by atoms with van der Waals surface area (Å²) in [5.74, 6) is 0.427. The van der Waals surface area contributed by atoms with Gasteiger partial charge in [-0.15, -0.1) is 0 Å². The smallest absolute Gasteiger partial charge is 0.380 e. The lowest BCUT2D eigenvalue weighted by molar-refractivity contribution is -0.184. The van der Waals surface area contributed by atoms with Gasteiger partial charge in [-0.25, -0.2) is 0 Å². The highest BCUT2D eigenvalue weighted by atomic mass is 19.4. The summed E-state index contributed by atoms with van der Waals surface area (Å²) >= 11 is 0. The number of aldehydes is 1. The average molecular weight is 638 g/mol. The first kappa shape index (κ1) is 38.5.